The fourth-order valence-corrected chi connectivity index (χ4v) is 4.24. The summed E-state index contributed by atoms with van der Waals surface area (Å²) in [6.45, 7) is 1.46. The standard InChI is InChI=1S/C15H15Br2N3O6/c1-7-5-9(16)13(20(24)25)10(17)11(7)18-12-8(15(23)26-2)6-19(3-4-21)14(12)22/h5,18,21H,3-4,6H2,1-2H3. The Labute approximate surface area is 165 Å². The molecule has 0 saturated heterocycles. The molecular weight excluding hydrogens is 478 g/mol. The predicted molar refractivity (Wildman–Crippen MR) is 99.6 cm³/mol. The van der Waals surface area contributed by atoms with E-state index in [1.807, 2.05) is 0 Å². The highest BCUT2D eigenvalue weighted by atomic mass is 79.9. The van der Waals surface area contributed by atoms with Crippen LogP contribution in [0.15, 0.2) is 26.3 Å². The zero-order chi connectivity index (χ0) is 19.6. The third kappa shape index (κ3) is 3.74. The van der Waals surface area contributed by atoms with E-state index in [0.29, 0.717) is 5.56 Å². The van der Waals surface area contributed by atoms with Gasteiger partial charge in [-0.3, -0.25) is 14.9 Å². The molecule has 0 spiro atoms. The van der Waals surface area contributed by atoms with Crippen LogP contribution in [0, 0.1) is 17.0 Å². The molecule has 0 saturated carbocycles. The van der Waals surface area contributed by atoms with Crippen LogP contribution in [0.4, 0.5) is 11.4 Å². The number of rotatable bonds is 6. The summed E-state index contributed by atoms with van der Waals surface area (Å²) in [4.78, 5) is 36.6. The minimum Gasteiger partial charge on any atom is -0.466 e. The number of aliphatic hydroxyl groups excluding tert-OH is 1. The van der Waals surface area contributed by atoms with Crippen molar-refractivity contribution >= 4 is 55.1 Å². The maximum Gasteiger partial charge on any atom is 0.337 e. The number of carbonyl (C=O) groups is 2. The number of anilines is 1. The van der Waals surface area contributed by atoms with Gasteiger partial charge in [0.15, 0.2) is 0 Å². The Hall–Kier alpha value is -1.98. The predicted octanol–water partition coefficient (Wildman–Crippen LogP) is 2.10. The Morgan fingerprint density at radius 3 is 2.69 bits per heavy atom. The molecule has 26 heavy (non-hydrogen) atoms. The molecule has 2 rings (SSSR count). The summed E-state index contributed by atoms with van der Waals surface area (Å²) in [7, 11) is 1.19. The average Bonchev–Trinajstić information content (AvgIpc) is 2.87. The first-order chi connectivity index (χ1) is 12.2. The maximum atomic E-state index is 12.6. The molecule has 0 fully saturated rings. The molecule has 2 N–H and O–H groups in total. The third-order valence-corrected chi connectivity index (χ3v) is 5.15. The number of halogens is 2. The molecule has 0 aromatic heterocycles. The summed E-state index contributed by atoms with van der Waals surface area (Å²) >= 11 is 6.34. The van der Waals surface area contributed by atoms with Crippen molar-refractivity contribution in [2.45, 2.75) is 6.92 Å². The number of methoxy groups -OCH3 is 1. The topological polar surface area (TPSA) is 122 Å². The number of carbonyl (C=O) groups excluding carboxylic acids is 2. The van der Waals surface area contributed by atoms with Gasteiger partial charge in [-0.05, 0) is 50.4 Å². The SMILES string of the molecule is COC(=O)C1=C(Nc2c(C)cc(Br)c([N+](=O)[O-])c2Br)C(=O)N(CCO)C1. The molecule has 1 aromatic rings. The van der Waals surface area contributed by atoms with Crippen LogP contribution in [0.25, 0.3) is 0 Å². The number of β-amino-alcohol motifs (C(OH)–C–C–N with tert-alkyl or cyclic N) is 1. The summed E-state index contributed by atoms with van der Waals surface area (Å²) in [6.07, 6.45) is 0. The van der Waals surface area contributed by atoms with Gasteiger partial charge >= 0.3 is 5.97 Å². The number of esters is 1. The maximum absolute atomic E-state index is 12.6. The van der Waals surface area contributed by atoms with E-state index in [4.69, 9.17) is 9.84 Å². The first kappa shape index (κ1) is 20.3. The van der Waals surface area contributed by atoms with Crippen molar-refractivity contribution in [1.82, 2.24) is 4.90 Å². The van der Waals surface area contributed by atoms with Crippen molar-refractivity contribution in [2.75, 3.05) is 32.1 Å². The number of nitrogens with zero attached hydrogens (tertiary/aromatic N) is 2. The Bertz CT molecular complexity index is 824. The third-order valence-electron chi connectivity index (χ3n) is 3.78. The number of aryl methyl sites for hydroxylation is 1. The summed E-state index contributed by atoms with van der Waals surface area (Å²) in [5, 5.41) is 23.2. The van der Waals surface area contributed by atoms with Gasteiger partial charge in [-0.2, -0.15) is 0 Å². The van der Waals surface area contributed by atoms with Gasteiger partial charge in [0.2, 0.25) is 0 Å². The molecule has 0 unspecified atom stereocenters. The normalized spacial score (nSPS) is 14.0. The van der Waals surface area contributed by atoms with Gasteiger partial charge in [0.05, 0.1) is 40.9 Å². The van der Waals surface area contributed by atoms with E-state index in [9.17, 15) is 19.7 Å². The Morgan fingerprint density at radius 1 is 1.50 bits per heavy atom. The molecule has 0 radical (unpaired) electrons. The van der Waals surface area contributed by atoms with Crippen LogP contribution >= 0.6 is 31.9 Å². The summed E-state index contributed by atoms with van der Waals surface area (Å²) in [5.41, 5.74) is 0.736. The monoisotopic (exact) mass is 491 g/mol. The van der Waals surface area contributed by atoms with Crippen molar-refractivity contribution < 1.29 is 24.4 Å². The highest BCUT2D eigenvalue weighted by molar-refractivity contribution is 9.11. The summed E-state index contributed by atoms with van der Waals surface area (Å²) in [5.74, 6) is -1.20. The van der Waals surface area contributed by atoms with E-state index < -0.39 is 16.8 Å². The average molecular weight is 493 g/mol. The first-order valence-electron chi connectivity index (χ1n) is 7.34. The largest absolute Gasteiger partial charge is 0.466 e. The molecule has 1 aliphatic heterocycles. The lowest BCUT2D eigenvalue weighted by Gasteiger charge is -2.16. The van der Waals surface area contributed by atoms with E-state index in [-0.39, 0.29) is 51.3 Å². The lowest BCUT2D eigenvalue weighted by Crippen LogP contribution is -2.31. The van der Waals surface area contributed by atoms with Crippen LogP contribution in [0.3, 0.4) is 0 Å². The number of aliphatic hydroxyl groups is 1. The Kier molecular flexibility index (Phi) is 6.37. The van der Waals surface area contributed by atoms with Crippen LogP contribution in [-0.2, 0) is 14.3 Å². The minimum atomic E-state index is -0.693. The second-order valence-corrected chi connectivity index (χ2v) is 7.04. The van der Waals surface area contributed by atoms with Crippen molar-refractivity contribution in [2.24, 2.45) is 0 Å². The second kappa shape index (κ2) is 8.14. The van der Waals surface area contributed by atoms with Gasteiger partial charge < -0.3 is 20.1 Å². The van der Waals surface area contributed by atoms with Gasteiger partial charge in [-0.25, -0.2) is 4.79 Å². The number of benzene rings is 1. The number of nitro groups is 1. The number of nitrogens with one attached hydrogen (secondary N) is 1. The van der Waals surface area contributed by atoms with Crippen LogP contribution < -0.4 is 5.32 Å². The Morgan fingerprint density at radius 2 is 2.15 bits per heavy atom. The Balaban J connectivity index is 2.54. The van der Waals surface area contributed by atoms with Crippen molar-refractivity contribution in [3.63, 3.8) is 0 Å². The molecule has 0 bridgehead atoms. The van der Waals surface area contributed by atoms with Crippen molar-refractivity contribution in [1.29, 1.82) is 0 Å². The van der Waals surface area contributed by atoms with Gasteiger partial charge in [0.1, 0.15) is 10.2 Å². The molecule has 1 aliphatic rings. The highest BCUT2D eigenvalue weighted by Gasteiger charge is 2.35. The minimum absolute atomic E-state index is 0.0241. The van der Waals surface area contributed by atoms with E-state index in [0.717, 1.165) is 0 Å². The van der Waals surface area contributed by atoms with Crippen molar-refractivity contribution in [3.8, 4) is 0 Å². The molecule has 1 aromatic carbocycles. The fourth-order valence-electron chi connectivity index (χ4n) is 2.52. The fraction of sp³-hybridized carbons (Fsp3) is 0.333. The lowest BCUT2D eigenvalue weighted by atomic mass is 10.1. The van der Waals surface area contributed by atoms with Gasteiger partial charge in [0, 0.05) is 6.54 Å². The molecular formula is C15H15Br2N3O6. The molecule has 1 amide bonds. The van der Waals surface area contributed by atoms with Gasteiger partial charge in [-0.15, -0.1) is 0 Å². The quantitative estimate of drug-likeness (QED) is 0.354. The molecule has 9 nitrogen and oxygen atoms in total. The van der Waals surface area contributed by atoms with Crippen molar-refractivity contribution in [3.05, 3.63) is 42.0 Å². The highest BCUT2D eigenvalue weighted by Crippen LogP contribution is 2.41. The van der Waals surface area contributed by atoms with Crippen LogP contribution in [0.5, 0.6) is 0 Å². The van der Waals surface area contributed by atoms with Crippen LogP contribution in [0.2, 0.25) is 0 Å². The number of nitro benzene ring substituents is 1. The lowest BCUT2D eigenvalue weighted by molar-refractivity contribution is -0.386. The van der Waals surface area contributed by atoms with Gasteiger partial charge in [-0.1, -0.05) is 0 Å². The molecule has 11 heteroatoms. The zero-order valence-electron chi connectivity index (χ0n) is 13.8. The number of amides is 1. The van der Waals surface area contributed by atoms with E-state index in [2.05, 4.69) is 37.2 Å². The molecule has 1 heterocycles. The zero-order valence-corrected chi connectivity index (χ0v) is 17.0. The van der Waals surface area contributed by atoms with Crippen LogP contribution in [-0.4, -0.2) is 53.6 Å². The summed E-state index contributed by atoms with van der Waals surface area (Å²) < 4.78 is 5.13. The van der Waals surface area contributed by atoms with E-state index in [1.165, 1.54) is 18.1 Å². The number of hydrogen-bond acceptors (Lipinski definition) is 7. The smallest absolute Gasteiger partial charge is 0.337 e. The second-order valence-electron chi connectivity index (χ2n) is 5.39. The first-order valence-corrected chi connectivity index (χ1v) is 8.93. The van der Waals surface area contributed by atoms with E-state index in [1.54, 1.807) is 6.92 Å². The number of ether oxygens (including phenoxy) is 1. The number of hydrogen-bond donors (Lipinski definition) is 2. The molecule has 140 valence electrons. The van der Waals surface area contributed by atoms with Gasteiger partial charge in [0.25, 0.3) is 11.6 Å². The van der Waals surface area contributed by atoms with E-state index >= 15 is 0 Å². The van der Waals surface area contributed by atoms with Crippen LogP contribution in [0.1, 0.15) is 5.56 Å². The molecule has 0 atom stereocenters. The molecule has 0 aliphatic carbocycles. The summed E-state index contributed by atoms with van der Waals surface area (Å²) in [6, 6.07) is 1.54.